The number of rotatable bonds is 2. The molecule has 0 atom stereocenters. The molecule has 1 aliphatic rings. The van der Waals surface area contributed by atoms with Crippen LogP contribution in [-0.2, 0) is 0 Å². The Hall–Kier alpha value is -1.84. The Morgan fingerprint density at radius 2 is 1.93 bits per heavy atom. The monoisotopic (exact) mass is 188 g/mol. The third-order valence-corrected chi connectivity index (χ3v) is 1.91. The minimum absolute atomic E-state index is 0.611. The highest BCUT2D eigenvalue weighted by molar-refractivity contribution is 6.12. The molecule has 0 amide bonds. The zero-order valence-electron chi connectivity index (χ0n) is 8.06. The SMILES string of the molecule is COc1ccccc1C1=NN=C(C)[N]1. The molecule has 1 aromatic carbocycles. The number of hydrogen-bond acceptors (Lipinski definition) is 3. The van der Waals surface area contributed by atoms with Gasteiger partial charge in [-0.25, -0.2) is 5.32 Å². The lowest BCUT2D eigenvalue weighted by atomic mass is 10.2. The lowest BCUT2D eigenvalue weighted by Gasteiger charge is -2.05. The van der Waals surface area contributed by atoms with Crippen LogP contribution in [0, 0.1) is 0 Å². The summed E-state index contributed by atoms with van der Waals surface area (Å²) in [4.78, 5) is 0. The van der Waals surface area contributed by atoms with Crippen LogP contribution in [0.4, 0.5) is 0 Å². The van der Waals surface area contributed by atoms with Crippen LogP contribution < -0.4 is 10.1 Å². The zero-order valence-corrected chi connectivity index (χ0v) is 8.06. The van der Waals surface area contributed by atoms with Gasteiger partial charge in [0, 0.05) is 0 Å². The van der Waals surface area contributed by atoms with Gasteiger partial charge in [0.05, 0.1) is 12.7 Å². The Bertz CT molecular complexity index is 410. The van der Waals surface area contributed by atoms with E-state index >= 15 is 0 Å². The minimum atomic E-state index is 0.611. The Balaban J connectivity index is 2.34. The maximum absolute atomic E-state index is 5.20. The lowest BCUT2D eigenvalue weighted by molar-refractivity contribution is 0.414. The molecule has 0 bridgehead atoms. The van der Waals surface area contributed by atoms with E-state index in [0.717, 1.165) is 11.3 Å². The first kappa shape index (κ1) is 8.74. The molecule has 1 heterocycles. The molecule has 14 heavy (non-hydrogen) atoms. The van der Waals surface area contributed by atoms with Crippen LogP contribution in [0.15, 0.2) is 34.5 Å². The highest BCUT2D eigenvalue weighted by Gasteiger charge is 2.15. The number of nitrogens with zero attached hydrogens (tertiary/aromatic N) is 3. The normalized spacial score (nSPS) is 14.4. The van der Waals surface area contributed by atoms with Crippen LogP contribution in [0.5, 0.6) is 5.75 Å². The van der Waals surface area contributed by atoms with Gasteiger partial charge in [-0.2, -0.15) is 0 Å². The summed E-state index contributed by atoms with van der Waals surface area (Å²) in [6, 6.07) is 7.62. The summed E-state index contributed by atoms with van der Waals surface area (Å²) >= 11 is 0. The van der Waals surface area contributed by atoms with E-state index in [1.165, 1.54) is 0 Å². The van der Waals surface area contributed by atoms with Crippen LogP contribution in [-0.4, -0.2) is 18.8 Å². The Kier molecular flexibility index (Phi) is 2.18. The minimum Gasteiger partial charge on any atom is -0.496 e. The highest BCUT2D eigenvalue weighted by Crippen LogP contribution is 2.19. The van der Waals surface area contributed by atoms with Gasteiger partial charge in [-0.1, -0.05) is 12.1 Å². The molecule has 0 N–H and O–H groups in total. The van der Waals surface area contributed by atoms with Crippen molar-refractivity contribution in [2.75, 3.05) is 7.11 Å². The molecule has 0 saturated carbocycles. The third-order valence-electron chi connectivity index (χ3n) is 1.91. The second-order valence-corrected chi connectivity index (χ2v) is 2.88. The fourth-order valence-corrected chi connectivity index (χ4v) is 1.26. The summed E-state index contributed by atoms with van der Waals surface area (Å²) in [5.41, 5.74) is 0.871. The first-order valence-corrected chi connectivity index (χ1v) is 4.28. The van der Waals surface area contributed by atoms with Crippen molar-refractivity contribution in [2.24, 2.45) is 10.2 Å². The van der Waals surface area contributed by atoms with Gasteiger partial charge >= 0.3 is 0 Å². The van der Waals surface area contributed by atoms with E-state index in [4.69, 9.17) is 4.74 Å². The Labute approximate surface area is 82.3 Å². The molecule has 0 aliphatic carbocycles. The van der Waals surface area contributed by atoms with E-state index in [-0.39, 0.29) is 0 Å². The quantitative estimate of drug-likeness (QED) is 0.691. The van der Waals surface area contributed by atoms with Crippen molar-refractivity contribution in [1.82, 2.24) is 5.32 Å². The van der Waals surface area contributed by atoms with Crippen LogP contribution >= 0.6 is 0 Å². The summed E-state index contributed by atoms with van der Waals surface area (Å²) in [7, 11) is 1.63. The van der Waals surface area contributed by atoms with Crippen LogP contribution in [0.3, 0.4) is 0 Å². The van der Waals surface area contributed by atoms with Gasteiger partial charge in [-0.15, -0.1) is 10.2 Å². The predicted octanol–water partition coefficient (Wildman–Crippen LogP) is 1.39. The van der Waals surface area contributed by atoms with E-state index < -0.39 is 0 Å². The second kappa shape index (κ2) is 3.49. The van der Waals surface area contributed by atoms with E-state index in [9.17, 15) is 0 Å². The molecule has 4 nitrogen and oxygen atoms in total. The fraction of sp³-hybridized carbons (Fsp3) is 0.200. The molecule has 2 rings (SSSR count). The molecule has 0 aromatic heterocycles. The third kappa shape index (κ3) is 1.46. The molecule has 0 saturated heterocycles. The average molecular weight is 188 g/mol. The fourth-order valence-electron chi connectivity index (χ4n) is 1.26. The summed E-state index contributed by atoms with van der Waals surface area (Å²) < 4.78 is 5.20. The molecule has 0 spiro atoms. The van der Waals surface area contributed by atoms with Crippen LogP contribution in [0.1, 0.15) is 12.5 Å². The standard InChI is InChI=1S/C10H10N3O/c1-7-11-10(13-12-7)8-5-3-4-6-9(8)14-2/h3-6H,1-2H3. The molecule has 0 unspecified atom stereocenters. The lowest BCUT2D eigenvalue weighted by Crippen LogP contribution is -2.17. The van der Waals surface area contributed by atoms with Gasteiger partial charge in [0.15, 0.2) is 5.84 Å². The number of hydrogen-bond donors (Lipinski definition) is 0. The van der Waals surface area contributed by atoms with Crippen LogP contribution in [0.2, 0.25) is 0 Å². The molecule has 1 aromatic rings. The van der Waals surface area contributed by atoms with Crippen molar-refractivity contribution < 1.29 is 4.74 Å². The van der Waals surface area contributed by atoms with Gasteiger partial charge in [0.25, 0.3) is 0 Å². The smallest absolute Gasteiger partial charge is 0.187 e. The molecular weight excluding hydrogens is 178 g/mol. The van der Waals surface area contributed by atoms with Crippen molar-refractivity contribution in [2.45, 2.75) is 6.92 Å². The van der Waals surface area contributed by atoms with Gasteiger partial charge in [-0.05, 0) is 19.1 Å². The summed E-state index contributed by atoms with van der Waals surface area (Å²) in [6.07, 6.45) is 0. The van der Waals surface area contributed by atoms with Crippen molar-refractivity contribution in [3.63, 3.8) is 0 Å². The number of methoxy groups -OCH3 is 1. The number of benzene rings is 1. The van der Waals surface area contributed by atoms with Gasteiger partial charge < -0.3 is 4.74 Å². The molecular formula is C10H10N3O. The zero-order chi connectivity index (χ0) is 9.97. The highest BCUT2D eigenvalue weighted by atomic mass is 16.5. The van der Waals surface area contributed by atoms with Crippen molar-refractivity contribution >= 4 is 11.7 Å². The van der Waals surface area contributed by atoms with E-state index in [2.05, 4.69) is 15.5 Å². The van der Waals surface area contributed by atoms with Crippen molar-refractivity contribution in [3.8, 4) is 5.75 Å². The van der Waals surface area contributed by atoms with E-state index in [0.29, 0.717) is 11.7 Å². The largest absolute Gasteiger partial charge is 0.496 e. The Morgan fingerprint density at radius 3 is 2.57 bits per heavy atom. The van der Waals surface area contributed by atoms with Crippen molar-refractivity contribution in [3.05, 3.63) is 29.8 Å². The molecule has 0 fully saturated rings. The summed E-state index contributed by atoms with van der Waals surface area (Å²) in [5.74, 6) is 2.05. The number of para-hydroxylation sites is 1. The Morgan fingerprint density at radius 1 is 1.14 bits per heavy atom. The second-order valence-electron chi connectivity index (χ2n) is 2.88. The van der Waals surface area contributed by atoms with Crippen molar-refractivity contribution in [1.29, 1.82) is 0 Å². The molecule has 1 radical (unpaired) electrons. The van der Waals surface area contributed by atoms with Gasteiger partial charge in [0.2, 0.25) is 0 Å². The first-order valence-electron chi connectivity index (χ1n) is 4.28. The molecule has 4 heteroatoms. The maximum Gasteiger partial charge on any atom is 0.187 e. The average Bonchev–Trinajstić information content (AvgIpc) is 2.65. The summed E-state index contributed by atoms with van der Waals surface area (Å²) in [5, 5.41) is 12.0. The van der Waals surface area contributed by atoms with E-state index in [1.807, 2.05) is 31.2 Å². The van der Waals surface area contributed by atoms with E-state index in [1.54, 1.807) is 7.11 Å². The molecule has 1 aliphatic heterocycles. The first-order chi connectivity index (χ1) is 6.81. The number of amidine groups is 2. The van der Waals surface area contributed by atoms with Gasteiger partial charge in [-0.3, -0.25) is 0 Å². The predicted molar refractivity (Wildman–Crippen MR) is 54.8 cm³/mol. The summed E-state index contributed by atoms with van der Waals surface area (Å²) in [6.45, 7) is 1.81. The number of ether oxygens (including phenoxy) is 1. The van der Waals surface area contributed by atoms with Gasteiger partial charge in [0.1, 0.15) is 11.6 Å². The van der Waals surface area contributed by atoms with Crippen LogP contribution in [0.25, 0.3) is 0 Å². The topological polar surface area (TPSA) is 48.1 Å². The maximum atomic E-state index is 5.20. The molecule has 71 valence electrons.